The first-order chi connectivity index (χ1) is 34.8. The molecule has 0 spiro atoms. The molecule has 3 heterocycles. The average molecular weight is 1020 g/mol. The fourth-order valence-electron chi connectivity index (χ4n) is 9.02. The van der Waals surface area contributed by atoms with Crippen LogP contribution in [-0.4, -0.2) is 145 Å². The van der Waals surface area contributed by atoms with Crippen molar-refractivity contribution in [2.45, 2.75) is 65.3 Å². The lowest BCUT2D eigenvalue weighted by Gasteiger charge is -2.35. The fourth-order valence-corrected chi connectivity index (χ4v) is 10.0. The van der Waals surface area contributed by atoms with Gasteiger partial charge in [0.25, 0.3) is 0 Å². The number of hydrogen-bond donors (Lipinski definition) is 3. The summed E-state index contributed by atoms with van der Waals surface area (Å²) in [7, 11) is 0. The average Bonchev–Trinajstić information content (AvgIpc) is 4.01. The van der Waals surface area contributed by atoms with Gasteiger partial charge in [0.1, 0.15) is 37.7 Å². The van der Waals surface area contributed by atoms with Gasteiger partial charge in [-0.1, -0.05) is 118 Å². The van der Waals surface area contributed by atoms with Gasteiger partial charge in [-0.25, -0.2) is 4.98 Å². The number of aliphatic hydroxyl groups excluding tert-OH is 1. The van der Waals surface area contributed by atoms with Gasteiger partial charge in [0.05, 0.1) is 35.4 Å². The molecule has 4 aromatic carbocycles. The zero-order valence-corrected chi connectivity index (χ0v) is 43.3. The molecule has 3 atom stereocenters. The lowest BCUT2D eigenvalue weighted by Crippen LogP contribution is -2.58. The molecule has 2 aliphatic heterocycles. The van der Waals surface area contributed by atoms with Gasteiger partial charge in [-0.2, -0.15) is 0 Å². The van der Waals surface area contributed by atoms with Gasteiger partial charge >= 0.3 is 0 Å². The van der Waals surface area contributed by atoms with Crippen LogP contribution in [0.2, 0.25) is 0 Å². The smallest absolute Gasteiger partial charge is 0.248 e. The van der Waals surface area contributed by atoms with Crippen LogP contribution in [0, 0.1) is 12.3 Å². The monoisotopic (exact) mass is 1020 g/mol. The van der Waals surface area contributed by atoms with Crippen LogP contribution in [-0.2, 0) is 35.2 Å². The van der Waals surface area contributed by atoms with E-state index in [0.29, 0.717) is 38.7 Å². The van der Waals surface area contributed by atoms with Gasteiger partial charge in [-0.15, -0.1) is 22.9 Å². The number of amides is 4. The van der Waals surface area contributed by atoms with Crippen molar-refractivity contribution < 1.29 is 38.5 Å². The quantitative estimate of drug-likeness (QED) is 0.0372. The summed E-state index contributed by atoms with van der Waals surface area (Å²) < 4.78 is 17.3. The number of ether oxygens (including phenoxy) is 3. The van der Waals surface area contributed by atoms with E-state index >= 15 is 0 Å². The fraction of sp³-hybridized carbons (Fsp3) is 0.411. The number of likely N-dealkylation sites (tertiary alicyclic amines) is 1. The number of aliphatic hydroxyl groups is 1. The number of rotatable bonds is 22. The normalized spacial score (nSPS) is 17.0. The molecule has 14 nitrogen and oxygen atoms in total. The molecule has 1 unspecified atom stereocenters. The number of piperazine rings is 1. The molecule has 0 bridgehead atoms. The van der Waals surface area contributed by atoms with Crippen LogP contribution in [0.4, 0.5) is 0 Å². The highest BCUT2D eigenvalue weighted by molar-refractivity contribution is 7.13. The molecule has 72 heavy (non-hydrogen) atoms. The minimum Gasteiger partial charge on any atom is -0.492 e. The van der Waals surface area contributed by atoms with E-state index in [1.807, 2.05) is 81.7 Å². The van der Waals surface area contributed by atoms with Crippen LogP contribution in [0.3, 0.4) is 0 Å². The number of thiazole rings is 1. The van der Waals surface area contributed by atoms with Crippen LogP contribution in [0.15, 0.2) is 115 Å². The number of allylic oxidation sites excluding steroid dienone is 1. The topological polar surface area (TPSA) is 163 Å². The maximum Gasteiger partial charge on any atom is 0.248 e. The van der Waals surface area contributed by atoms with Crippen LogP contribution < -0.4 is 15.4 Å². The summed E-state index contributed by atoms with van der Waals surface area (Å²) in [4.78, 5) is 64.3. The molecule has 2 aliphatic rings. The molecule has 7 rings (SSSR count). The number of nitrogens with zero attached hydrogens (tertiary/aromatic N) is 4. The number of carbonyl (C=O) groups excluding carboxylic acids is 4. The molecular formula is C56H67ClN6O8S. The second kappa shape index (κ2) is 26.1. The second-order valence-corrected chi connectivity index (χ2v) is 20.4. The molecule has 0 radical (unpaired) electrons. The SMILES string of the molecule is Cc1ncsc1-c1ccc(CNC(=O)[C@@H]2C[C@@H](O)CN2C(=O)C(NC(=O)COCCOCC(=O)N2CCN(CCOc3ccc(/C(=C(/CCCl)c4ccccc4)c4ccccc4)cc3)CC2)C(C)(C)C)cc1. The number of alkyl halides is 1. The third kappa shape index (κ3) is 14.8. The van der Waals surface area contributed by atoms with E-state index in [2.05, 4.69) is 81.2 Å². The Morgan fingerprint density at radius 1 is 0.819 bits per heavy atom. The molecule has 2 saturated heterocycles. The Kier molecular flexibility index (Phi) is 19.6. The van der Waals surface area contributed by atoms with Gasteiger partial charge in [0, 0.05) is 58.1 Å². The summed E-state index contributed by atoms with van der Waals surface area (Å²) in [6.45, 7) is 11.2. The zero-order valence-electron chi connectivity index (χ0n) is 41.7. The number of benzene rings is 4. The number of carbonyl (C=O) groups is 4. The summed E-state index contributed by atoms with van der Waals surface area (Å²) in [5.41, 5.74) is 9.70. The molecule has 4 amide bonds. The molecule has 1 aromatic heterocycles. The van der Waals surface area contributed by atoms with Crippen molar-refractivity contribution in [2.75, 3.05) is 78.2 Å². The minimum atomic E-state index is -0.991. The maximum absolute atomic E-state index is 14.0. The van der Waals surface area contributed by atoms with Crippen molar-refractivity contribution in [3.63, 3.8) is 0 Å². The van der Waals surface area contributed by atoms with Crippen molar-refractivity contribution in [3.8, 4) is 16.2 Å². The third-order valence-corrected chi connectivity index (χ3v) is 14.1. The molecule has 3 N–H and O–H groups in total. The number of halogens is 1. The van der Waals surface area contributed by atoms with Crippen molar-refractivity contribution in [3.05, 3.63) is 143 Å². The Hall–Kier alpha value is -5.94. The maximum atomic E-state index is 14.0. The van der Waals surface area contributed by atoms with E-state index in [1.165, 1.54) is 10.5 Å². The summed E-state index contributed by atoms with van der Waals surface area (Å²) >= 11 is 7.90. The standard InChI is InChI=1S/C56H67ClN6O8S/c1-39-52(72-38-59-39)44-17-15-40(16-18-44)34-58-54(67)48-33-45(64)35-63(48)55(68)53(56(2,3)4)60-49(65)36-69-31-32-70-37-50(66)62-27-25-61(26-28-62)29-30-71-46-21-19-43(20-22-46)51(42-13-9-6-10-14-42)47(23-24-57)41-11-7-5-8-12-41/h5-22,38,45,48,53,64H,23-37H2,1-4H3,(H,58,67)(H,60,65)/b51-47-/t45-,48+,53?/m1/s1. The summed E-state index contributed by atoms with van der Waals surface area (Å²) in [5.74, 6) is -0.170. The Bertz CT molecular complexity index is 2580. The predicted molar refractivity (Wildman–Crippen MR) is 282 cm³/mol. The van der Waals surface area contributed by atoms with Crippen molar-refractivity contribution in [1.29, 1.82) is 0 Å². The number of hydrogen-bond acceptors (Lipinski definition) is 11. The van der Waals surface area contributed by atoms with E-state index in [-0.39, 0.29) is 57.8 Å². The van der Waals surface area contributed by atoms with Gasteiger partial charge in [0.15, 0.2) is 0 Å². The first-order valence-electron chi connectivity index (χ1n) is 24.6. The zero-order chi connectivity index (χ0) is 51.0. The molecule has 16 heteroatoms. The van der Waals surface area contributed by atoms with Crippen molar-refractivity contribution in [2.24, 2.45) is 5.41 Å². The third-order valence-electron chi connectivity index (χ3n) is 12.9. The Balaban J connectivity index is 0.786. The van der Waals surface area contributed by atoms with Crippen LogP contribution in [0.1, 0.15) is 61.6 Å². The highest BCUT2D eigenvalue weighted by Gasteiger charge is 2.44. The minimum absolute atomic E-state index is 0.0294. The van der Waals surface area contributed by atoms with Gasteiger partial charge < -0.3 is 39.8 Å². The first kappa shape index (κ1) is 53.8. The summed E-state index contributed by atoms with van der Waals surface area (Å²) in [6.07, 6.45) is -0.0663. The van der Waals surface area contributed by atoms with Gasteiger partial charge in [0.2, 0.25) is 23.6 Å². The van der Waals surface area contributed by atoms with E-state index in [1.54, 1.807) is 16.2 Å². The van der Waals surface area contributed by atoms with Crippen molar-refractivity contribution >= 4 is 57.7 Å². The Labute approximate surface area is 432 Å². The number of aryl methyl sites for hydroxylation is 1. The molecule has 0 aliphatic carbocycles. The number of β-amino-alcohol motifs (C(OH)–C–C–N with tert-alkyl or cyclic N) is 1. The highest BCUT2D eigenvalue weighted by atomic mass is 35.5. The molecule has 5 aromatic rings. The van der Waals surface area contributed by atoms with Gasteiger partial charge in [-0.05, 0) is 69.9 Å². The van der Waals surface area contributed by atoms with Crippen molar-refractivity contribution in [1.82, 2.24) is 30.3 Å². The summed E-state index contributed by atoms with van der Waals surface area (Å²) in [6, 6.07) is 35.0. The van der Waals surface area contributed by atoms with E-state index < -0.39 is 35.4 Å². The number of nitrogens with one attached hydrogen (secondary N) is 2. The first-order valence-corrected chi connectivity index (χ1v) is 26.0. The van der Waals surface area contributed by atoms with E-state index in [4.69, 9.17) is 25.8 Å². The predicted octanol–water partition coefficient (Wildman–Crippen LogP) is 7.07. The molecule has 0 saturated carbocycles. The van der Waals surface area contributed by atoms with E-state index in [0.717, 1.165) is 62.7 Å². The Morgan fingerprint density at radius 2 is 1.46 bits per heavy atom. The Morgan fingerprint density at radius 3 is 2.08 bits per heavy atom. The number of aromatic nitrogens is 1. The highest BCUT2D eigenvalue weighted by Crippen LogP contribution is 2.36. The van der Waals surface area contributed by atoms with Crippen LogP contribution in [0.25, 0.3) is 21.6 Å². The van der Waals surface area contributed by atoms with Crippen LogP contribution >= 0.6 is 22.9 Å². The van der Waals surface area contributed by atoms with Crippen LogP contribution in [0.5, 0.6) is 5.75 Å². The second-order valence-electron chi connectivity index (χ2n) is 19.2. The molecule has 382 valence electrons. The molecule has 2 fully saturated rings. The molecular weight excluding hydrogens is 952 g/mol. The lowest BCUT2D eigenvalue weighted by molar-refractivity contribution is -0.144. The van der Waals surface area contributed by atoms with Gasteiger partial charge in [-0.3, -0.25) is 24.1 Å². The lowest BCUT2D eigenvalue weighted by atomic mass is 9.85. The van der Waals surface area contributed by atoms with E-state index in [9.17, 15) is 24.3 Å². The largest absolute Gasteiger partial charge is 0.492 e. The summed E-state index contributed by atoms with van der Waals surface area (Å²) in [5, 5.41) is 16.3.